The number of hydrogen-bond donors (Lipinski definition) is 0. The first kappa shape index (κ1) is 19.1. The van der Waals surface area contributed by atoms with Crippen LogP contribution < -0.4 is 10.3 Å². The standard InChI is InChI=1S/C20H25N3O4/c1-4-26-17-7-5-16(6-8-17)18-9-10-19(24)23(21-18)13-20(25)22-11-14(2)27-15(3)12-22/h5-10,14-15H,4,11-13H2,1-3H3. The fourth-order valence-electron chi connectivity index (χ4n) is 3.21. The van der Waals surface area contributed by atoms with E-state index in [0.717, 1.165) is 11.3 Å². The maximum atomic E-state index is 12.6. The maximum absolute atomic E-state index is 12.6. The lowest BCUT2D eigenvalue weighted by Crippen LogP contribution is -2.49. The van der Waals surface area contributed by atoms with Gasteiger partial charge in [0, 0.05) is 24.7 Å². The second kappa shape index (κ2) is 8.35. The summed E-state index contributed by atoms with van der Waals surface area (Å²) in [6.45, 7) is 7.37. The molecule has 1 fully saturated rings. The van der Waals surface area contributed by atoms with E-state index in [9.17, 15) is 9.59 Å². The van der Waals surface area contributed by atoms with Crippen molar-refractivity contribution < 1.29 is 14.3 Å². The molecule has 1 aliphatic rings. The van der Waals surface area contributed by atoms with Gasteiger partial charge in [-0.15, -0.1) is 0 Å². The number of carbonyl (C=O) groups excluding carboxylic acids is 1. The van der Waals surface area contributed by atoms with Crippen LogP contribution in [0.5, 0.6) is 5.75 Å². The van der Waals surface area contributed by atoms with E-state index in [-0.39, 0.29) is 30.2 Å². The van der Waals surface area contributed by atoms with Crippen molar-refractivity contribution in [3.8, 4) is 17.0 Å². The van der Waals surface area contributed by atoms with Crippen LogP contribution in [0.4, 0.5) is 0 Å². The Hall–Kier alpha value is -2.67. The van der Waals surface area contributed by atoms with E-state index in [1.807, 2.05) is 45.0 Å². The lowest BCUT2D eigenvalue weighted by molar-refractivity contribution is -0.144. The molecule has 1 amide bonds. The van der Waals surface area contributed by atoms with Crippen molar-refractivity contribution in [3.63, 3.8) is 0 Å². The van der Waals surface area contributed by atoms with Crippen LogP contribution in [-0.4, -0.2) is 52.5 Å². The minimum Gasteiger partial charge on any atom is -0.494 e. The van der Waals surface area contributed by atoms with E-state index in [4.69, 9.17) is 9.47 Å². The van der Waals surface area contributed by atoms with Gasteiger partial charge in [0.05, 0.1) is 24.5 Å². The molecule has 0 radical (unpaired) electrons. The SMILES string of the molecule is CCOc1ccc(-c2ccc(=O)n(CC(=O)N3CC(C)OC(C)C3)n2)cc1. The zero-order valence-electron chi connectivity index (χ0n) is 15.9. The Morgan fingerprint density at radius 3 is 2.44 bits per heavy atom. The molecule has 0 saturated carbocycles. The second-order valence-corrected chi connectivity index (χ2v) is 6.73. The summed E-state index contributed by atoms with van der Waals surface area (Å²) in [6.07, 6.45) is -0.0323. The van der Waals surface area contributed by atoms with Gasteiger partial charge < -0.3 is 14.4 Å². The van der Waals surface area contributed by atoms with E-state index < -0.39 is 0 Å². The molecule has 2 heterocycles. The highest BCUT2D eigenvalue weighted by Crippen LogP contribution is 2.20. The van der Waals surface area contributed by atoms with Crippen molar-refractivity contribution in [2.24, 2.45) is 0 Å². The third-order valence-electron chi connectivity index (χ3n) is 4.39. The molecular formula is C20H25N3O4. The molecule has 0 bridgehead atoms. The topological polar surface area (TPSA) is 73.7 Å². The summed E-state index contributed by atoms with van der Waals surface area (Å²) in [4.78, 5) is 26.5. The first-order valence-electron chi connectivity index (χ1n) is 9.21. The number of hydrogen-bond acceptors (Lipinski definition) is 5. The molecule has 1 aliphatic heterocycles. The zero-order chi connectivity index (χ0) is 19.4. The molecule has 0 N–H and O–H groups in total. The van der Waals surface area contributed by atoms with Gasteiger partial charge in [0.15, 0.2) is 0 Å². The molecule has 2 aromatic rings. The van der Waals surface area contributed by atoms with Crippen molar-refractivity contribution in [2.45, 2.75) is 39.5 Å². The van der Waals surface area contributed by atoms with Gasteiger partial charge in [0.1, 0.15) is 12.3 Å². The molecule has 27 heavy (non-hydrogen) atoms. The Kier molecular flexibility index (Phi) is 5.91. The molecule has 0 spiro atoms. The van der Waals surface area contributed by atoms with Crippen LogP contribution in [0.2, 0.25) is 0 Å². The number of nitrogens with zero attached hydrogens (tertiary/aromatic N) is 3. The van der Waals surface area contributed by atoms with Crippen LogP contribution in [0, 0.1) is 0 Å². The van der Waals surface area contributed by atoms with E-state index in [1.54, 1.807) is 11.0 Å². The molecule has 1 saturated heterocycles. The molecule has 2 atom stereocenters. The molecular weight excluding hydrogens is 346 g/mol. The normalized spacial score (nSPS) is 19.7. The number of aromatic nitrogens is 2. The molecule has 144 valence electrons. The van der Waals surface area contributed by atoms with Gasteiger partial charge in [-0.05, 0) is 51.1 Å². The van der Waals surface area contributed by atoms with Gasteiger partial charge in [-0.3, -0.25) is 9.59 Å². The summed E-state index contributed by atoms with van der Waals surface area (Å²) in [6, 6.07) is 10.6. The van der Waals surface area contributed by atoms with Crippen LogP contribution in [0.3, 0.4) is 0 Å². The molecule has 7 nitrogen and oxygen atoms in total. The van der Waals surface area contributed by atoms with Crippen molar-refractivity contribution >= 4 is 5.91 Å². The second-order valence-electron chi connectivity index (χ2n) is 6.73. The van der Waals surface area contributed by atoms with Crippen molar-refractivity contribution in [2.75, 3.05) is 19.7 Å². The Balaban J connectivity index is 1.77. The number of ether oxygens (including phenoxy) is 2. The first-order chi connectivity index (χ1) is 13.0. The monoisotopic (exact) mass is 371 g/mol. The summed E-state index contributed by atoms with van der Waals surface area (Å²) in [7, 11) is 0. The Morgan fingerprint density at radius 1 is 1.15 bits per heavy atom. The van der Waals surface area contributed by atoms with Gasteiger partial charge in [-0.25, -0.2) is 4.68 Å². The molecule has 2 unspecified atom stereocenters. The van der Waals surface area contributed by atoms with Gasteiger partial charge in [0.25, 0.3) is 5.56 Å². The summed E-state index contributed by atoms with van der Waals surface area (Å²) < 4.78 is 12.3. The molecule has 0 aliphatic carbocycles. The van der Waals surface area contributed by atoms with Crippen molar-refractivity contribution in [1.82, 2.24) is 14.7 Å². The van der Waals surface area contributed by atoms with Gasteiger partial charge in [-0.1, -0.05) is 0 Å². The summed E-state index contributed by atoms with van der Waals surface area (Å²) >= 11 is 0. The van der Waals surface area contributed by atoms with Gasteiger partial charge in [0.2, 0.25) is 5.91 Å². The predicted molar refractivity (Wildman–Crippen MR) is 102 cm³/mol. The van der Waals surface area contributed by atoms with E-state index >= 15 is 0 Å². The lowest BCUT2D eigenvalue weighted by Gasteiger charge is -2.35. The highest BCUT2D eigenvalue weighted by atomic mass is 16.5. The first-order valence-corrected chi connectivity index (χ1v) is 9.21. The van der Waals surface area contributed by atoms with Crippen LogP contribution in [0.15, 0.2) is 41.2 Å². The smallest absolute Gasteiger partial charge is 0.267 e. The number of carbonyl (C=O) groups is 1. The quantitative estimate of drug-likeness (QED) is 0.803. The van der Waals surface area contributed by atoms with E-state index in [0.29, 0.717) is 25.4 Å². The highest BCUT2D eigenvalue weighted by Gasteiger charge is 2.26. The van der Waals surface area contributed by atoms with Crippen LogP contribution in [0.25, 0.3) is 11.3 Å². The largest absolute Gasteiger partial charge is 0.494 e. The van der Waals surface area contributed by atoms with E-state index in [2.05, 4.69) is 5.10 Å². The highest BCUT2D eigenvalue weighted by molar-refractivity contribution is 5.76. The predicted octanol–water partition coefficient (Wildman–Crippen LogP) is 1.94. The fraction of sp³-hybridized carbons (Fsp3) is 0.450. The minimum atomic E-state index is -0.299. The lowest BCUT2D eigenvalue weighted by atomic mass is 10.1. The van der Waals surface area contributed by atoms with Crippen molar-refractivity contribution in [1.29, 1.82) is 0 Å². The average molecular weight is 371 g/mol. The summed E-state index contributed by atoms with van der Waals surface area (Å²) in [5.74, 6) is 0.649. The zero-order valence-corrected chi connectivity index (χ0v) is 15.9. The number of morpholine rings is 1. The summed E-state index contributed by atoms with van der Waals surface area (Å²) in [5, 5.41) is 4.38. The molecule has 1 aromatic heterocycles. The Bertz CT molecular complexity index is 837. The molecule has 1 aromatic carbocycles. The Labute approximate surface area is 158 Å². The van der Waals surface area contributed by atoms with Gasteiger partial charge in [-0.2, -0.15) is 5.10 Å². The third kappa shape index (κ3) is 4.74. The third-order valence-corrected chi connectivity index (χ3v) is 4.39. The molecule has 3 rings (SSSR count). The average Bonchev–Trinajstić information content (AvgIpc) is 2.63. The fourth-order valence-corrected chi connectivity index (χ4v) is 3.21. The van der Waals surface area contributed by atoms with Crippen LogP contribution in [0.1, 0.15) is 20.8 Å². The van der Waals surface area contributed by atoms with Crippen molar-refractivity contribution in [3.05, 3.63) is 46.8 Å². The Morgan fingerprint density at radius 2 is 1.81 bits per heavy atom. The molecule has 7 heteroatoms. The number of rotatable bonds is 5. The number of amides is 1. The number of benzene rings is 1. The maximum Gasteiger partial charge on any atom is 0.267 e. The van der Waals surface area contributed by atoms with E-state index in [1.165, 1.54) is 10.7 Å². The summed E-state index contributed by atoms with van der Waals surface area (Å²) in [5.41, 5.74) is 1.19. The van der Waals surface area contributed by atoms with Gasteiger partial charge >= 0.3 is 0 Å². The van der Waals surface area contributed by atoms with Crippen LogP contribution in [-0.2, 0) is 16.1 Å². The van der Waals surface area contributed by atoms with Crippen LogP contribution >= 0.6 is 0 Å². The minimum absolute atomic E-state index is 0.0161.